The SMILES string of the molecule is CC(C)(C)NC(=O)CNC(=O)C1c2ccccc2Oc2ccccc21. The predicted molar refractivity (Wildman–Crippen MR) is 95.7 cm³/mol. The third kappa shape index (κ3) is 3.82. The molecule has 2 aromatic rings. The number of carbonyl (C=O) groups is 2. The maximum atomic E-state index is 12.8. The summed E-state index contributed by atoms with van der Waals surface area (Å²) in [5.41, 5.74) is 1.27. The van der Waals surface area contributed by atoms with Gasteiger partial charge in [0.05, 0.1) is 12.5 Å². The molecule has 5 heteroatoms. The second-order valence-electron chi connectivity index (χ2n) is 7.13. The van der Waals surface area contributed by atoms with E-state index in [1.807, 2.05) is 69.3 Å². The van der Waals surface area contributed by atoms with Crippen molar-refractivity contribution in [1.82, 2.24) is 10.6 Å². The second-order valence-corrected chi connectivity index (χ2v) is 7.13. The van der Waals surface area contributed by atoms with Crippen molar-refractivity contribution < 1.29 is 14.3 Å². The van der Waals surface area contributed by atoms with Gasteiger partial charge in [0.15, 0.2) is 0 Å². The van der Waals surface area contributed by atoms with Crippen LogP contribution < -0.4 is 15.4 Å². The van der Waals surface area contributed by atoms with Crippen molar-refractivity contribution in [2.75, 3.05) is 6.54 Å². The van der Waals surface area contributed by atoms with E-state index in [1.54, 1.807) is 0 Å². The molecule has 1 aliphatic rings. The molecule has 25 heavy (non-hydrogen) atoms. The van der Waals surface area contributed by atoms with Gasteiger partial charge in [-0.2, -0.15) is 0 Å². The van der Waals surface area contributed by atoms with Crippen LogP contribution in [-0.4, -0.2) is 23.9 Å². The van der Waals surface area contributed by atoms with Gasteiger partial charge < -0.3 is 15.4 Å². The summed E-state index contributed by atoms with van der Waals surface area (Å²) >= 11 is 0. The lowest BCUT2D eigenvalue weighted by Crippen LogP contribution is -2.46. The van der Waals surface area contributed by atoms with Gasteiger partial charge in [-0.25, -0.2) is 0 Å². The molecule has 0 aliphatic carbocycles. The number of amides is 2. The largest absolute Gasteiger partial charge is 0.457 e. The zero-order valence-electron chi connectivity index (χ0n) is 14.6. The van der Waals surface area contributed by atoms with Crippen molar-refractivity contribution in [3.63, 3.8) is 0 Å². The highest BCUT2D eigenvalue weighted by Gasteiger charge is 2.32. The maximum Gasteiger partial charge on any atom is 0.239 e. The lowest BCUT2D eigenvalue weighted by atomic mass is 9.87. The monoisotopic (exact) mass is 338 g/mol. The third-order valence-corrected chi connectivity index (χ3v) is 3.88. The maximum absolute atomic E-state index is 12.8. The van der Waals surface area contributed by atoms with Crippen LogP contribution in [0.25, 0.3) is 0 Å². The predicted octanol–water partition coefficient (Wildman–Crippen LogP) is 2.96. The molecular formula is C20H22N2O3. The van der Waals surface area contributed by atoms with E-state index < -0.39 is 5.92 Å². The number of benzene rings is 2. The molecule has 0 atom stereocenters. The van der Waals surface area contributed by atoms with E-state index in [9.17, 15) is 9.59 Å². The van der Waals surface area contributed by atoms with E-state index in [4.69, 9.17) is 4.74 Å². The van der Waals surface area contributed by atoms with Crippen LogP contribution >= 0.6 is 0 Å². The lowest BCUT2D eigenvalue weighted by molar-refractivity contribution is -0.127. The first-order chi connectivity index (χ1) is 11.8. The molecule has 5 nitrogen and oxygen atoms in total. The van der Waals surface area contributed by atoms with Gasteiger partial charge in [-0.1, -0.05) is 36.4 Å². The Balaban J connectivity index is 1.82. The first-order valence-corrected chi connectivity index (χ1v) is 8.29. The van der Waals surface area contributed by atoms with Gasteiger partial charge in [0.2, 0.25) is 11.8 Å². The summed E-state index contributed by atoms with van der Waals surface area (Å²) in [6, 6.07) is 15.0. The summed E-state index contributed by atoms with van der Waals surface area (Å²) in [6.07, 6.45) is 0. The Labute approximate surface area is 147 Å². The average molecular weight is 338 g/mol. The fraction of sp³-hybridized carbons (Fsp3) is 0.300. The Morgan fingerprint density at radius 2 is 1.48 bits per heavy atom. The van der Waals surface area contributed by atoms with E-state index in [0.717, 1.165) is 11.1 Å². The van der Waals surface area contributed by atoms with Crippen LogP contribution in [0.15, 0.2) is 48.5 Å². The first-order valence-electron chi connectivity index (χ1n) is 8.29. The van der Waals surface area contributed by atoms with Crippen LogP contribution in [0.3, 0.4) is 0 Å². The highest BCUT2D eigenvalue weighted by molar-refractivity contribution is 5.92. The highest BCUT2D eigenvalue weighted by atomic mass is 16.5. The van der Waals surface area contributed by atoms with Gasteiger partial charge in [-0.15, -0.1) is 0 Å². The van der Waals surface area contributed by atoms with Crippen LogP contribution in [0.5, 0.6) is 11.5 Å². The fourth-order valence-electron chi connectivity index (χ4n) is 2.92. The van der Waals surface area contributed by atoms with Gasteiger partial charge in [-0.05, 0) is 32.9 Å². The first kappa shape index (κ1) is 17.0. The van der Waals surface area contributed by atoms with Gasteiger partial charge in [-0.3, -0.25) is 9.59 Å². The van der Waals surface area contributed by atoms with Crippen LogP contribution in [0.1, 0.15) is 37.8 Å². The Hall–Kier alpha value is -2.82. The zero-order chi connectivity index (χ0) is 18.0. The Kier molecular flexibility index (Phi) is 4.49. The molecule has 0 saturated heterocycles. The normalized spacial score (nSPS) is 13.2. The molecule has 0 radical (unpaired) electrons. The van der Waals surface area contributed by atoms with E-state index >= 15 is 0 Å². The van der Waals surface area contributed by atoms with E-state index in [0.29, 0.717) is 11.5 Å². The molecule has 1 heterocycles. The van der Waals surface area contributed by atoms with Crippen molar-refractivity contribution in [2.24, 2.45) is 0 Å². The molecule has 2 amide bonds. The van der Waals surface area contributed by atoms with E-state index in [-0.39, 0.29) is 23.9 Å². The van der Waals surface area contributed by atoms with Crippen LogP contribution in [0.4, 0.5) is 0 Å². The van der Waals surface area contributed by atoms with Crippen molar-refractivity contribution in [2.45, 2.75) is 32.2 Å². The van der Waals surface area contributed by atoms with Crippen molar-refractivity contribution in [3.8, 4) is 11.5 Å². The van der Waals surface area contributed by atoms with Gasteiger partial charge >= 0.3 is 0 Å². The summed E-state index contributed by atoms with van der Waals surface area (Å²) in [7, 11) is 0. The molecule has 2 aromatic carbocycles. The van der Waals surface area contributed by atoms with Gasteiger partial charge in [0.1, 0.15) is 11.5 Å². The molecule has 3 rings (SSSR count). The number of hydrogen-bond acceptors (Lipinski definition) is 3. The number of fused-ring (bicyclic) bond motifs is 2. The number of carbonyl (C=O) groups excluding carboxylic acids is 2. The van der Waals surface area contributed by atoms with Crippen LogP contribution in [0, 0.1) is 0 Å². The number of para-hydroxylation sites is 2. The molecule has 0 spiro atoms. The highest BCUT2D eigenvalue weighted by Crippen LogP contribution is 2.43. The minimum absolute atomic E-state index is 0.0577. The zero-order valence-corrected chi connectivity index (χ0v) is 14.6. The number of hydrogen-bond donors (Lipinski definition) is 2. The molecule has 2 N–H and O–H groups in total. The lowest BCUT2D eigenvalue weighted by Gasteiger charge is -2.27. The number of nitrogens with one attached hydrogen (secondary N) is 2. The molecule has 130 valence electrons. The molecule has 0 aromatic heterocycles. The second kappa shape index (κ2) is 6.59. The average Bonchev–Trinajstić information content (AvgIpc) is 2.56. The molecule has 0 bridgehead atoms. The van der Waals surface area contributed by atoms with E-state index in [2.05, 4.69) is 10.6 Å². The summed E-state index contributed by atoms with van der Waals surface area (Å²) < 4.78 is 5.89. The smallest absolute Gasteiger partial charge is 0.239 e. The van der Waals surface area contributed by atoms with Crippen molar-refractivity contribution >= 4 is 11.8 Å². The molecule has 1 aliphatic heterocycles. The minimum Gasteiger partial charge on any atom is -0.457 e. The summed E-state index contributed by atoms with van der Waals surface area (Å²) in [5.74, 6) is 0.409. The summed E-state index contributed by atoms with van der Waals surface area (Å²) in [6.45, 7) is 5.64. The minimum atomic E-state index is -0.497. The Morgan fingerprint density at radius 3 is 2.00 bits per heavy atom. The molecule has 0 fully saturated rings. The van der Waals surface area contributed by atoms with Crippen molar-refractivity contribution in [3.05, 3.63) is 59.7 Å². The van der Waals surface area contributed by atoms with Crippen LogP contribution in [0.2, 0.25) is 0 Å². The summed E-state index contributed by atoms with van der Waals surface area (Å²) in [4.78, 5) is 24.8. The third-order valence-electron chi connectivity index (χ3n) is 3.88. The number of ether oxygens (including phenoxy) is 1. The van der Waals surface area contributed by atoms with Crippen LogP contribution in [-0.2, 0) is 9.59 Å². The number of rotatable bonds is 3. The topological polar surface area (TPSA) is 67.4 Å². The Bertz CT molecular complexity index is 763. The molecular weight excluding hydrogens is 316 g/mol. The fourth-order valence-corrected chi connectivity index (χ4v) is 2.92. The van der Waals surface area contributed by atoms with Gasteiger partial charge in [0, 0.05) is 16.7 Å². The standard InChI is InChI=1S/C20H22N2O3/c1-20(2,3)22-17(23)12-21-19(24)18-13-8-4-6-10-15(13)25-16-11-7-5-9-14(16)18/h4-11,18H,12H2,1-3H3,(H,21,24)(H,22,23). The molecule has 0 unspecified atom stereocenters. The Morgan fingerprint density at radius 1 is 0.960 bits per heavy atom. The molecule has 0 saturated carbocycles. The van der Waals surface area contributed by atoms with Crippen molar-refractivity contribution in [1.29, 1.82) is 0 Å². The quantitative estimate of drug-likeness (QED) is 0.904. The van der Waals surface area contributed by atoms with E-state index in [1.165, 1.54) is 0 Å². The van der Waals surface area contributed by atoms with Gasteiger partial charge in [0.25, 0.3) is 0 Å². The summed E-state index contributed by atoms with van der Waals surface area (Å²) in [5, 5.41) is 5.59.